The van der Waals surface area contributed by atoms with Crippen molar-refractivity contribution < 1.29 is 27.4 Å². The van der Waals surface area contributed by atoms with E-state index in [1.165, 1.54) is 0 Å². The number of aryl methyl sites for hydroxylation is 1. The van der Waals surface area contributed by atoms with Gasteiger partial charge in [-0.2, -0.15) is 9.13 Å². The fourth-order valence-electron chi connectivity index (χ4n) is 7.12. The molecule has 2 aliphatic rings. The van der Waals surface area contributed by atoms with Crippen molar-refractivity contribution in [2.75, 3.05) is 12.5 Å². The molecule has 7 heteroatoms. The number of benzene rings is 1. The highest BCUT2D eigenvalue weighted by molar-refractivity contribution is 6.18. The molecule has 0 N–H and O–H groups in total. The fourth-order valence-corrected chi connectivity index (χ4v) is 7.49. The molecular weight excluding hydrogens is 602 g/mol. The molecule has 4 atom stereocenters. The summed E-state index contributed by atoms with van der Waals surface area (Å²) in [5.41, 5.74) is 3.47. The molecule has 46 heavy (non-hydrogen) atoms. The monoisotopic (exact) mass is 652 g/mol. The van der Waals surface area contributed by atoms with Crippen LogP contribution in [0.1, 0.15) is 127 Å². The van der Waals surface area contributed by atoms with Crippen LogP contribution >= 0.6 is 11.6 Å². The van der Waals surface area contributed by atoms with Crippen molar-refractivity contribution in [1.29, 1.82) is 0 Å². The number of hydrogen-bond donors (Lipinski definition) is 0. The molecule has 0 radical (unpaired) electrons. The zero-order valence-corrected chi connectivity index (χ0v) is 29.8. The van der Waals surface area contributed by atoms with Crippen LogP contribution in [0.2, 0.25) is 0 Å². The van der Waals surface area contributed by atoms with Gasteiger partial charge in [-0.05, 0) is 46.8 Å². The van der Waals surface area contributed by atoms with Gasteiger partial charge >= 0.3 is 5.97 Å². The molecule has 0 bridgehead atoms. The Morgan fingerprint density at radius 3 is 2.07 bits per heavy atom. The smallest absolute Gasteiger partial charge is 0.344 e. The average molecular weight is 653 g/mol. The van der Waals surface area contributed by atoms with Gasteiger partial charge in [0, 0.05) is 36.1 Å². The van der Waals surface area contributed by atoms with E-state index in [0.29, 0.717) is 29.4 Å². The van der Waals surface area contributed by atoms with Crippen LogP contribution in [0.15, 0.2) is 36.7 Å². The summed E-state index contributed by atoms with van der Waals surface area (Å²) in [5.74, 6) is -2.33. The maximum absolute atomic E-state index is 17.3. The van der Waals surface area contributed by atoms with Crippen molar-refractivity contribution in [3.8, 4) is 22.5 Å². The zero-order chi connectivity index (χ0) is 33.7. The van der Waals surface area contributed by atoms with Gasteiger partial charge in [0.05, 0.1) is 23.7 Å². The number of carbonyl (C=O) groups is 1. The molecular formula is C39H51ClF2N2O2+2. The third-order valence-corrected chi connectivity index (χ3v) is 10.5. The summed E-state index contributed by atoms with van der Waals surface area (Å²) in [7, 11) is 0. The van der Waals surface area contributed by atoms with Gasteiger partial charge in [0.1, 0.15) is 12.1 Å². The Hall–Kier alpha value is -2.86. The normalized spacial score (nSPS) is 19.3. The summed E-state index contributed by atoms with van der Waals surface area (Å²) in [4.78, 5) is 13.8. The lowest BCUT2D eigenvalue weighted by Gasteiger charge is -2.24. The topological polar surface area (TPSA) is 34.1 Å². The van der Waals surface area contributed by atoms with Crippen LogP contribution in [0.25, 0.3) is 22.5 Å². The van der Waals surface area contributed by atoms with Crippen LogP contribution < -0.4 is 9.13 Å². The first-order valence-corrected chi connectivity index (χ1v) is 17.6. The summed E-state index contributed by atoms with van der Waals surface area (Å²) < 4.78 is 44.3. The highest BCUT2D eigenvalue weighted by Gasteiger charge is 2.64. The third-order valence-electron chi connectivity index (χ3n) is 10.2. The van der Waals surface area contributed by atoms with Gasteiger partial charge in [0.15, 0.2) is 30.1 Å². The van der Waals surface area contributed by atoms with E-state index in [4.69, 9.17) is 16.3 Å². The second-order valence-electron chi connectivity index (χ2n) is 15.3. The van der Waals surface area contributed by atoms with Crippen LogP contribution in [0.4, 0.5) is 8.78 Å². The molecule has 1 saturated carbocycles. The number of halogens is 3. The number of alkyl halides is 1. The Labute approximate surface area is 279 Å². The minimum atomic E-state index is -0.950. The maximum atomic E-state index is 17.3. The molecule has 1 fully saturated rings. The number of fused-ring (bicyclic) bond motifs is 6. The molecule has 0 amide bonds. The number of esters is 1. The summed E-state index contributed by atoms with van der Waals surface area (Å²) in [6, 6.07) is 8.13. The van der Waals surface area contributed by atoms with Gasteiger partial charge in [-0.1, -0.05) is 74.7 Å². The number of ether oxygens (including phenoxy) is 1. The van der Waals surface area contributed by atoms with E-state index in [-0.39, 0.29) is 52.4 Å². The number of carbonyl (C=O) groups excluding carboxylic acids is 1. The van der Waals surface area contributed by atoms with E-state index in [1.54, 1.807) is 0 Å². The van der Waals surface area contributed by atoms with Crippen molar-refractivity contribution in [2.24, 2.45) is 11.8 Å². The second kappa shape index (κ2) is 13.0. The minimum absolute atomic E-state index is 0.00672. The number of rotatable bonds is 10. The summed E-state index contributed by atoms with van der Waals surface area (Å²) in [5, 5.41) is 0. The van der Waals surface area contributed by atoms with E-state index in [0.717, 1.165) is 36.8 Å². The number of pyridine rings is 2. The SMILES string of the molecule is CCCCC(CC)COC(=O)c1c(F)c(-c2cc(C(C)(C)C)cc[n+]2CC)c2c(c1F)-c1cc(C(C)(C)C)cc[n+]1C1C(CCl)C21. The largest absolute Gasteiger partial charge is 0.462 e. The van der Waals surface area contributed by atoms with Gasteiger partial charge in [-0.15, -0.1) is 11.6 Å². The Morgan fingerprint density at radius 2 is 1.52 bits per heavy atom. The lowest BCUT2D eigenvalue weighted by molar-refractivity contribution is -0.695. The molecule has 2 aromatic heterocycles. The van der Waals surface area contributed by atoms with E-state index >= 15 is 8.78 Å². The fraction of sp³-hybridized carbons (Fsp3) is 0.564. The van der Waals surface area contributed by atoms with Gasteiger partial charge < -0.3 is 4.74 Å². The van der Waals surface area contributed by atoms with Crippen LogP contribution in [0.3, 0.4) is 0 Å². The van der Waals surface area contributed by atoms with Crippen LogP contribution in [0.5, 0.6) is 0 Å². The van der Waals surface area contributed by atoms with E-state index in [9.17, 15) is 4.79 Å². The molecule has 4 nitrogen and oxygen atoms in total. The van der Waals surface area contributed by atoms with E-state index in [1.807, 2.05) is 36.0 Å². The van der Waals surface area contributed by atoms with Crippen molar-refractivity contribution >= 4 is 17.6 Å². The van der Waals surface area contributed by atoms with Crippen molar-refractivity contribution in [3.63, 3.8) is 0 Å². The molecule has 1 aliphatic carbocycles. The first kappa shape index (κ1) is 34.5. The summed E-state index contributed by atoms with van der Waals surface area (Å²) >= 11 is 6.55. The number of nitrogens with zero attached hydrogens (tertiary/aromatic N) is 2. The van der Waals surface area contributed by atoms with Crippen molar-refractivity contribution in [2.45, 2.75) is 117 Å². The molecule has 1 aromatic carbocycles. The predicted octanol–water partition coefficient (Wildman–Crippen LogP) is 9.37. The van der Waals surface area contributed by atoms with Gasteiger partial charge in [0.25, 0.3) is 0 Å². The predicted molar refractivity (Wildman–Crippen MR) is 180 cm³/mol. The quantitative estimate of drug-likeness (QED) is 0.124. The third kappa shape index (κ3) is 6.11. The molecule has 4 unspecified atom stereocenters. The van der Waals surface area contributed by atoms with Crippen LogP contribution in [-0.4, -0.2) is 18.5 Å². The van der Waals surface area contributed by atoms with Gasteiger partial charge in [0.2, 0.25) is 11.4 Å². The Balaban J connectivity index is 1.83. The summed E-state index contributed by atoms with van der Waals surface area (Å²) in [6.45, 7) is 19.6. The molecule has 0 spiro atoms. The standard InChI is InChI=1S/C39H51ClF2N2O2/c1-10-13-14-23(11-2)22-46-37(45)33-34(41)30(27-19-24(38(4,5)6)15-17-43(27)12-3)32-29-26(21-40)36(29)44-18-16-25(39(7,8)9)20-28(44)31(32)35(33)42/h15-20,23,26,29,36H,10-14,21-22H2,1-9H3/q+2. The van der Waals surface area contributed by atoms with Gasteiger partial charge in [-0.25, -0.2) is 13.6 Å². The van der Waals surface area contributed by atoms with E-state index in [2.05, 4.69) is 72.1 Å². The number of unbranched alkanes of at least 4 members (excludes halogenated alkanes) is 1. The van der Waals surface area contributed by atoms with Crippen LogP contribution in [0, 0.1) is 23.5 Å². The Bertz CT molecular complexity index is 1640. The average Bonchev–Trinajstić information content (AvgIpc) is 3.74. The lowest BCUT2D eigenvalue weighted by atomic mass is 9.82. The molecule has 3 heterocycles. The van der Waals surface area contributed by atoms with E-state index < -0.39 is 23.2 Å². The molecule has 248 valence electrons. The molecule has 5 rings (SSSR count). The highest BCUT2D eigenvalue weighted by Crippen LogP contribution is 2.63. The van der Waals surface area contributed by atoms with Gasteiger partial charge in [-0.3, -0.25) is 0 Å². The van der Waals surface area contributed by atoms with Crippen molar-refractivity contribution in [1.82, 2.24) is 0 Å². The summed E-state index contributed by atoms with van der Waals surface area (Å²) in [6.07, 6.45) is 7.75. The van der Waals surface area contributed by atoms with Crippen LogP contribution in [-0.2, 0) is 22.1 Å². The van der Waals surface area contributed by atoms with Crippen molar-refractivity contribution in [3.05, 3.63) is 70.5 Å². The second-order valence-corrected chi connectivity index (χ2v) is 15.6. The Morgan fingerprint density at radius 1 is 0.935 bits per heavy atom. The Kier molecular flexibility index (Phi) is 9.72. The molecule has 1 aliphatic heterocycles. The molecule has 3 aromatic rings. The first-order valence-electron chi connectivity index (χ1n) is 17.1. The highest BCUT2D eigenvalue weighted by atomic mass is 35.5. The maximum Gasteiger partial charge on any atom is 0.344 e. The number of hydrogen-bond acceptors (Lipinski definition) is 2. The lowest BCUT2D eigenvalue weighted by Crippen LogP contribution is -2.40. The number of aromatic nitrogens is 2. The molecule has 0 saturated heterocycles. The zero-order valence-electron chi connectivity index (χ0n) is 29.1. The minimum Gasteiger partial charge on any atom is -0.462 e. The first-order chi connectivity index (χ1) is 21.7.